The van der Waals surface area contributed by atoms with Crippen molar-refractivity contribution in [3.8, 4) is 0 Å². The van der Waals surface area contributed by atoms with Crippen LogP contribution in [0.5, 0.6) is 0 Å². The third kappa shape index (κ3) is 3.33. The molecule has 0 spiro atoms. The highest BCUT2D eigenvalue weighted by Gasteiger charge is 2.16. The number of aryl methyl sites for hydroxylation is 2. The van der Waals surface area contributed by atoms with Crippen LogP contribution in [0.15, 0.2) is 30.5 Å². The summed E-state index contributed by atoms with van der Waals surface area (Å²) < 4.78 is 13.3. The number of nitrogens with zero attached hydrogens (tertiary/aromatic N) is 1. The number of benzene rings is 1. The van der Waals surface area contributed by atoms with Crippen LogP contribution in [0, 0.1) is 19.7 Å². The largest absolute Gasteiger partial charge is 0.271 e. The van der Waals surface area contributed by atoms with Gasteiger partial charge in [-0.15, -0.1) is 0 Å². The fraction of sp³-hybridized carbons (Fsp3) is 0.267. The number of nitrogens with two attached hydrogens (primary N) is 1. The molecule has 0 aliphatic carbocycles. The van der Waals surface area contributed by atoms with Crippen molar-refractivity contribution in [3.63, 3.8) is 0 Å². The van der Waals surface area contributed by atoms with Gasteiger partial charge in [0.2, 0.25) is 0 Å². The molecule has 1 heterocycles. The van der Waals surface area contributed by atoms with Crippen LogP contribution >= 0.6 is 11.6 Å². The summed E-state index contributed by atoms with van der Waals surface area (Å²) in [5.74, 6) is 5.31. The topological polar surface area (TPSA) is 50.9 Å². The number of hydrazine groups is 1. The van der Waals surface area contributed by atoms with E-state index in [1.165, 1.54) is 12.1 Å². The van der Waals surface area contributed by atoms with Crippen molar-refractivity contribution in [1.29, 1.82) is 0 Å². The van der Waals surface area contributed by atoms with Crippen LogP contribution in [0.25, 0.3) is 0 Å². The molecule has 3 nitrogen and oxygen atoms in total. The second-order valence-corrected chi connectivity index (χ2v) is 5.28. The molecule has 1 aromatic carbocycles. The maximum atomic E-state index is 13.3. The Morgan fingerprint density at radius 3 is 2.75 bits per heavy atom. The molecule has 1 aromatic heterocycles. The van der Waals surface area contributed by atoms with Crippen LogP contribution < -0.4 is 11.3 Å². The molecule has 0 radical (unpaired) electrons. The third-order valence-electron chi connectivity index (χ3n) is 3.22. The fourth-order valence-corrected chi connectivity index (χ4v) is 2.44. The molecular formula is C15H17ClFN3. The second kappa shape index (κ2) is 6.31. The highest BCUT2D eigenvalue weighted by molar-refractivity contribution is 6.31. The van der Waals surface area contributed by atoms with Crippen molar-refractivity contribution in [1.82, 2.24) is 10.4 Å². The highest BCUT2D eigenvalue weighted by atomic mass is 35.5. The molecular weight excluding hydrogens is 277 g/mol. The summed E-state index contributed by atoms with van der Waals surface area (Å²) in [5, 5.41) is 0.524. The minimum atomic E-state index is -0.311. The molecule has 0 saturated carbocycles. The first kappa shape index (κ1) is 14.9. The zero-order chi connectivity index (χ0) is 14.7. The predicted molar refractivity (Wildman–Crippen MR) is 78.9 cm³/mol. The van der Waals surface area contributed by atoms with Gasteiger partial charge in [-0.2, -0.15) is 0 Å². The first-order chi connectivity index (χ1) is 9.51. The van der Waals surface area contributed by atoms with E-state index < -0.39 is 0 Å². The number of hydrogen-bond acceptors (Lipinski definition) is 3. The number of pyridine rings is 1. The van der Waals surface area contributed by atoms with Gasteiger partial charge in [-0.3, -0.25) is 16.3 Å². The van der Waals surface area contributed by atoms with Crippen LogP contribution in [0.3, 0.4) is 0 Å². The molecule has 0 aliphatic rings. The van der Waals surface area contributed by atoms with Gasteiger partial charge in [0.1, 0.15) is 5.82 Å². The lowest BCUT2D eigenvalue weighted by atomic mass is 9.99. The molecule has 0 bridgehead atoms. The van der Waals surface area contributed by atoms with E-state index >= 15 is 0 Å². The van der Waals surface area contributed by atoms with Crippen LogP contribution in [0.2, 0.25) is 5.02 Å². The molecule has 3 N–H and O–H groups in total. The summed E-state index contributed by atoms with van der Waals surface area (Å²) in [6, 6.07) is 6.15. The van der Waals surface area contributed by atoms with Crippen LogP contribution in [0.1, 0.15) is 28.4 Å². The first-order valence-corrected chi connectivity index (χ1v) is 6.72. The molecule has 106 valence electrons. The van der Waals surface area contributed by atoms with Gasteiger partial charge < -0.3 is 0 Å². The maximum Gasteiger partial charge on any atom is 0.123 e. The number of hydrogen-bond donors (Lipinski definition) is 2. The van der Waals surface area contributed by atoms with Gasteiger partial charge in [0.05, 0.1) is 11.7 Å². The highest BCUT2D eigenvalue weighted by Crippen LogP contribution is 2.25. The van der Waals surface area contributed by atoms with Crippen molar-refractivity contribution in [2.75, 3.05) is 0 Å². The Balaban J connectivity index is 2.31. The monoisotopic (exact) mass is 293 g/mol. The summed E-state index contributed by atoms with van der Waals surface area (Å²) >= 11 is 6.09. The summed E-state index contributed by atoms with van der Waals surface area (Å²) in [4.78, 5) is 4.42. The summed E-state index contributed by atoms with van der Waals surface area (Å²) in [6.07, 6.45) is 2.27. The van der Waals surface area contributed by atoms with Crippen LogP contribution in [-0.2, 0) is 6.42 Å². The molecule has 0 saturated heterocycles. The Hall–Kier alpha value is -1.49. The maximum absolute atomic E-state index is 13.3. The zero-order valence-electron chi connectivity index (χ0n) is 11.5. The average molecular weight is 294 g/mol. The summed E-state index contributed by atoms with van der Waals surface area (Å²) in [5.41, 5.74) is 6.41. The molecule has 2 aromatic rings. The minimum absolute atomic E-state index is 0.213. The van der Waals surface area contributed by atoms with Crippen LogP contribution in [-0.4, -0.2) is 4.98 Å². The molecule has 0 aliphatic heterocycles. The molecule has 0 fully saturated rings. The van der Waals surface area contributed by atoms with Gasteiger partial charge in [-0.1, -0.05) is 17.7 Å². The van der Waals surface area contributed by atoms with Crippen molar-refractivity contribution in [3.05, 3.63) is 63.7 Å². The zero-order valence-corrected chi connectivity index (χ0v) is 12.2. The Labute approximate surface area is 122 Å². The molecule has 20 heavy (non-hydrogen) atoms. The van der Waals surface area contributed by atoms with E-state index in [-0.39, 0.29) is 11.9 Å². The summed E-state index contributed by atoms with van der Waals surface area (Å²) in [6.45, 7) is 3.96. The van der Waals surface area contributed by atoms with Gasteiger partial charge >= 0.3 is 0 Å². The van der Waals surface area contributed by atoms with Gasteiger partial charge in [0.15, 0.2) is 0 Å². The second-order valence-electron chi connectivity index (χ2n) is 4.87. The Morgan fingerprint density at radius 2 is 2.10 bits per heavy atom. The van der Waals surface area contributed by atoms with Crippen molar-refractivity contribution < 1.29 is 4.39 Å². The lowest BCUT2D eigenvalue weighted by Crippen LogP contribution is -2.31. The smallest absolute Gasteiger partial charge is 0.123 e. The van der Waals surface area contributed by atoms with E-state index in [4.69, 9.17) is 17.4 Å². The Kier molecular flexibility index (Phi) is 4.70. The summed E-state index contributed by atoms with van der Waals surface area (Å²) in [7, 11) is 0. The Bertz CT molecular complexity index is 616. The SMILES string of the molecule is Cc1cnc(C(Cc2cc(F)ccc2Cl)NN)c(C)c1. The lowest BCUT2D eigenvalue weighted by molar-refractivity contribution is 0.532. The molecule has 5 heteroatoms. The van der Waals surface area contributed by atoms with E-state index in [0.29, 0.717) is 17.0 Å². The van der Waals surface area contributed by atoms with Gasteiger partial charge in [0.25, 0.3) is 0 Å². The lowest BCUT2D eigenvalue weighted by Gasteiger charge is -2.18. The van der Waals surface area contributed by atoms with Gasteiger partial charge in [-0.25, -0.2) is 4.39 Å². The standard InChI is InChI=1S/C15H17ClFN3/c1-9-5-10(2)15(19-8-9)14(20-18)7-11-6-12(17)3-4-13(11)16/h3-6,8,14,20H,7,18H2,1-2H3. The average Bonchev–Trinajstić information content (AvgIpc) is 2.40. The quantitative estimate of drug-likeness (QED) is 0.672. The van der Waals surface area contributed by atoms with E-state index in [2.05, 4.69) is 10.4 Å². The Morgan fingerprint density at radius 1 is 1.35 bits per heavy atom. The molecule has 1 unspecified atom stereocenters. The first-order valence-electron chi connectivity index (χ1n) is 6.34. The third-order valence-corrected chi connectivity index (χ3v) is 3.59. The molecule has 0 amide bonds. The van der Waals surface area contributed by atoms with Gasteiger partial charge in [-0.05, 0) is 55.2 Å². The molecule has 2 rings (SSSR count). The fourth-order valence-electron chi connectivity index (χ4n) is 2.24. The van der Waals surface area contributed by atoms with E-state index in [1.54, 1.807) is 12.3 Å². The minimum Gasteiger partial charge on any atom is -0.271 e. The predicted octanol–water partition coefficient (Wildman–Crippen LogP) is 3.24. The number of aromatic nitrogens is 1. The van der Waals surface area contributed by atoms with Gasteiger partial charge in [0, 0.05) is 11.2 Å². The van der Waals surface area contributed by atoms with E-state index in [1.807, 2.05) is 19.9 Å². The number of halogens is 2. The van der Waals surface area contributed by atoms with Crippen LogP contribution in [0.4, 0.5) is 4.39 Å². The van der Waals surface area contributed by atoms with Crippen molar-refractivity contribution >= 4 is 11.6 Å². The van der Waals surface area contributed by atoms with E-state index in [0.717, 1.165) is 16.8 Å². The van der Waals surface area contributed by atoms with E-state index in [9.17, 15) is 4.39 Å². The molecule has 1 atom stereocenters. The number of rotatable bonds is 4. The number of nitrogens with one attached hydrogen (secondary N) is 1. The normalized spacial score (nSPS) is 12.4. The van der Waals surface area contributed by atoms with Crippen molar-refractivity contribution in [2.45, 2.75) is 26.3 Å². The van der Waals surface area contributed by atoms with Crippen molar-refractivity contribution in [2.24, 2.45) is 5.84 Å².